The van der Waals surface area contributed by atoms with Gasteiger partial charge >= 0.3 is 5.97 Å². The van der Waals surface area contributed by atoms with Gasteiger partial charge in [0.05, 0.1) is 13.3 Å². The molecule has 2 aromatic rings. The number of pyridine rings is 1. The number of hydrogen-bond donors (Lipinski definition) is 1. The molecule has 0 amide bonds. The first kappa shape index (κ1) is 12.2. The third kappa shape index (κ3) is 2.06. The summed E-state index contributed by atoms with van der Waals surface area (Å²) < 4.78 is 30.7. The summed E-state index contributed by atoms with van der Waals surface area (Å²) in [6, 6.07) is 0.692. The smallest absolute Gasteiger partial charge is 0.358 e. The van der Waals surface area contributed by atoms with Crippen molar-refractivity contribution in [3.05, 3.63) is 35.3 Å². The molecule has 0 aromatic carbocycles. The van der Waals surface area contributed by atoms with Gasteiger partial charge in [-0.15, -0.1) is 0 Å². The molecule has 0 radical (unpaired) electrons. The van der Waals surface area contributed by atoms with Crippen LogP contribution in [0.15, 0.2) is 12.3 Å². The molecule has 1 N–H and O–H groups in total. The van der Waals surface area contributed by atoms with Gasteiger partial charge in [-0.2, -0.15) is 0 Å². The number of carbonyl (C=O) groups excluding carboxylic acids is 1. The van der Waals surface area contributed by atoms with Crippen LogP contribution in [0, 0.1) is 18.6 Å². The van der Waals surface area contributed by atoms with E-state index in [1.807, 2.05) is 0 Å². The first-order valence-corrected chi connectivity index (χ1v) is 4.99. The number of H-pyrrole nitrogens is 1. The predicted octanol–water partition coefficient (Wildman–Crippen LogP) is 1.84. The summed E-state index contributed by atoms with van der Waals surface area (Å²) in [5.41, 5.74) is 0.301. The molecule has 0 aliphatic rings. The molecule has 0 bridgehead atoms. The van der Waals surface area contributed by atoms with Crippen molar-refractivity contribution in [2.75, 3.05) is 7.11 Å². The summed E-state index contributed by atoms with van der Waals surface area (Å²) >= 11 is 0. The fourth-order valence-corrected chi connectivity index (χ4v) is 1.46. The van der Waals surface area contributed by atoms with E-state index in [0.717, 1.165) is 6.20 Å². The van der Waals surface area contributed by atoms with E-state index < -0.39 is 17.6 Å². The molecule has 2 rings (SSSR count). The molecule has 0 fully saturated rings. The SMILES string of the molecule is COC(=O)c1nc(-c2ncc(F)cc2F)[nH]c1C. The minimum atomic E-state index is -0.861. The number of halogens is 2. The first-order valence-electron chi connectivity index (χ1n) is 4.99. The van der Waals surface area contributed by atoms with Gasteiger partial charge in [-0.05, 0) is 6.92 Å². The van der Waals surface area contributed by atoms with Crippen LogP contribution in [-0.4, -0.2) is 28.0 Å². The molecule has 0 spiro atoms. The zero-order chi connectivity index (χ0) is 13.3. The highest BCUT2D eigenvalue weighted by Gasteiger charge is 2.18. The Morgan fingerprint density at radius 3 is 2.78 bits per heavy atom. The Morgan fingerprint density at radius 1 is 1.44 bits per heavy atom. The Kier molecular flexibility index (Phi) is 3.05. The van der Waals surface area contributed by atoms with Crippen LogP contribution in [0.5, 0.6) is 0 Å². The molecule has 0 unspecified atom stereocenters. The monoisotopic (exact) mass is 253 g/mol. The topological polar surface area (TPSA) is 67.9 Å². The molecule has 7 heteroatoms. The molecule has 0 atom stereocenters. The van der Waals surface area contributed by atoms with Crippen molar-refractivity contribution in [2.24, 2.45) is 0 Å². The van der Waals surface area contributed by atoms with E-state index in [1.165, 1.54) is 7.11 Å². The van der Waals surface area contributed by atoms with Crippen molar-refractivity contribution in [1.82, 2.24) is 15.0 Å². The average Bonchev–Trinajstić information content (AvgIpc) is 2.70. The van der Waals surface area contributed by atoms with E-state index in [9.17, 15) is 13.6 Å². The van der Waals surface area contributed by atoms with Gasteiger partial charge in [-0.25, -0.2) is 23.5 Å². The van der Waals surface area contributed by atoms with Gasteiger partial charge in [0.2, 0.25) is 0 Å². The highest BCUT2D eigenvalue weighted by molar-refractivity contribution is 5.89. The second kappa shape index (κ2) is 4.52. The summed E-state index contributed by atoms with van der Waals surface area (Å²) in [4.78, 5) is 21.5. The number of carbonyl (C=O) groups is 1. The maximum absolute atomic E-state index is 13.5. The molecular formula is C11H9F2N3O2. The predicted molar refractivity (Wildman–Crippen MR) is 57.8 cm³/mol. The number of esters is 1. The van der Waals surface area contributed by atoms with Crippen LogP contribution in [0.4, 0.5) is 8.78 Å². The zero-order valence-corrected chi connectivity index (χ0v) is 9.62. The van der Waals surface area contributed by atoms with Gasteiger partial charge in [0.25, 0.3) is 0 Å². The zero-order valence-electron chi connectivity index (χ0n) is 9.62. The van der Waals surface area contributed by atoms with Crippen molar-refractivity contribution >= 4 is 5.97 Å². The lowest BCUT2D eigenvalue weighted by atomic mass is 10.3. The Balaban J connectivity index is 2.49. The van der Waals surface area contributed by atoms with E-state index in [-0.39, 0.29) is 17.2 Å². The molecule has 18 heavy (non-hydrogen) atoms. The molecule has 2 aromatic heterocycles. The Hall–Kier alpha value is -2.31. The molecule has 0 saturated carbocycles. The molecule has 94 valence electrons. The van der Waals surface area contributed by atoms with E-state index in [0.29, 0.717) is 11.8 Å². The van der Waals surface area contributed by atoms with E-state index in [4.69, 9.17) is 0 Å². The van der Waals surface area contributed by atoms with Gasteiger partial charge in [-0.3, -0.25) is 0 Å². The van der Waals surface area contributed by atoms with Crippen LogP contribution >= 0.6 is 0 Å². The van der Waals surface area contributed by atoms with E-state index in [1.54, 1.807) is 6.92 Å². The number of aryl methyl sites for hydroxylation is 1. The number of ether oxygens (including phenoxy) is 1. The van der Waals surface area contributed by atoms with Gasteiger partial charge in [0, 0.05) is 11.8 Å². The lowest BCUT2D eigenvalue weighted by molar-refractivity contribution is 0.0594. The fourth-order valence-electron chi connectivity index (χ4n) is 1.46. The minimum absolute atomic E-state index is 0.0398. The number of hydrogen-bond acceptors (Lipinski definition) is 4. The lowest BCUT2D eigenvalue weighted by Crippen LogP contribution is -2.03. The molecule has 0 saturated heterocycles. The number of rotatable bonds is 2. The summed E-state index contributed by atoms with van der Waals surface area (Å²) in [7, 11) is 1.22. The largest absolute Gasteiger partial charge is 0.464 e. The third-order valence-corrected chi connectivity index (χ3v) is 2.30. The van der Waals surface area contributed by atoms with Gasteiger partial charge < -0.3 is 9.72 Å². The number of nitrogens with one attached hydrogen (secondary N) is 1. The third-order valence-electron chi connectivity index (χ3n) is 2.30. The second-order valence-corrected chi connectivity index (χ2v) is 3.53. The molecule has 2 heterocycles. The van der Waals surface area contributed by atoms with Crippen LogP contribution in [0.1, 0.15) is 16.2 Å². The summed E-state index contributed by atoms with van der Waals surface area (Å²) in [6.07, 6.45) is 0.869. The van der Waals surface area contributed by atoms with Gasteiger partial charge in [-0.1, -0.05) is 0 Å². The Morgan fingerprint density at radius 2 is 2.17 bits per heavy atom. The van der Waals surface area contributed by atoms with Crippen LogP contribution in [-0.2, 0) is 4.74 Å². The van der Waals surface area contributed by atoms with Crippen molar-refractivity contribution < 1.29 is 18.3 Å². The normalized spacial score (nSPS) is 10.4. The van der Waals surface area contributed by atoms with Gasteiger partial charge in [0.1, 0.15) is 11.5 Å². The number of aromatic nitrogens is 3. The number of aromatic amines is 1. The molecular weight excluding hydrogens is 244 g/mol. The second-order valence-electron chi connectivity index (χ2n) is 3.53. The Labute approximate surface area is 101 Å². The number of nitrogens with zero attached hydrogens (tertiary/aromatic N) is 2. The van der Waals surface area contributed by atoms with Crippen LogP contribution in [0.3, 0.4) is 0 Å². The molecule has 5 nitrogen and oxygen atoms in total. The van der Waals surface area contributed by atoms with Crippen molar-refractivity contribution in [3.8, 4) is 11.5 Å². The summed E-state index contributed by atoms with van der Waals surface area (Å²) in [5.74, 6) is -2.24. The lowest BCUT2D eigenvalue weighted by Gasteiger charge is -1.97. The van der Waals surface area contributed by atoms with Crippen LogP contribution in [0.25, 0.3) is 11.5 Å². The highest BCUT2D eigenvalue weighted by atomic mass is 19.1. The maximum atomic E-state index is 13.5. The van der Waals surface area contributed by atoms with Crippen LogP contribution in [0.2, 0.25) is 0 Å². The summed E-state index contributed by atoms with van der Waals surface area (Å²) in [6.45, 7) is 1.59. The van der Waals surface area contributed by atoms with Crippen molar-refractivity contribution in [3.63, 3.8) is 0 Å². The standard InChI is InChI=1S/C11H9F2N3O2/c1-5-8(11(17)18-2)16-10(15-5)9-7(13)3-6(12)4-14-9/h3-4H,1-2H3,(H,15,16). The van der Waals surface area contributed by atoms with Crippen molar-refractivity contribution in [1.29, 1.82) is 0 Å². The van der Waals surface area contributed by atoms with E-state index in [2.05, 4.69) is 19.7 Å². The minimum Gasteiger partial charge on any atom is -0.464 e. The fraction of sp³-hybridized carbons (Fsp3) is 0.182. The molecule has 0 aliphatic heterocycles. The molecule has 0 aliphatic carbocycles. The number of imidazole rings is 1. The quantitative estimate of drug-likeness (QED) is 0.829. The van der Waals surface area contributed by atoms with Gasteiger partial charge in [0.15, 0.2) is 17.3 Å². The van der Waals surface area contributed by atoms with Crippen LogP contribution < -0.4 is 0 Å². The highest BCUT2D eigenvalue weighted by Crippen LogP contribution is 2.19. The first-order chi connectivity index (χ1) is 8.52. The Bertz CT molecular complexity index is 610. The number of methoxy groups -OCH3 is 1. The maximum Gasteiger partial charge on any atom is 0.358 e. The average molecular weight is 253 g/mol. The summed E-state index contributed by atoms with van der Waals surface area (Å²) in [5, 5.41) is 0. The van der Waals surface area contributed by atoms with E-state index >= 15 is 0 Å². The van der Waals surface area contributed by atoms with Crippen molar-refractivity contribution in [2.45, 2.75) is 6.92 Å².